The SMILES string of the molecule is [B]c1cc(C(=O)N=[N+]=[N-])cc2ccoc12. The van der Waals surface area contributed by atoms with Crippen molar-refractivity contribution in [2.75, 3.05) is 0 Å². The van der Waals surface area contributed by atoms with Gasteiger partial charge in [0.05, 0.1) is 6.26 Å². The molecule has 0 aliphatic carbocycles. The van der Waals surface area contributed by atoms with Crippen LogP contribution >= 0.6 is 0 Å². The Bertz CT molecular complexity index is 584. The minimum atomic E-state index is -0.660. The molecule has 0 spiro atoms. The topological polar surface area (TPSA) is 79.0 Å². The van der Waals surface area contributed by atoms with Gasteiger partial charge in [-0.1, -0.05) is 11.5 Å². The van der Waals surface area contributed by atoms with E-state index in [1.807, 2.05) is 0 Å². The summed E-state index contributed by atoms with van der Waals surface area (Å²) in [5.41, 5.74) is 9.24. The van der Waals surface area contributed by atoms with Crippen LogP contribution in [0, 0.1) is 0 Å². The molecule has 0 unspecified atom stereocenters. The fourth-order valence-corrected chi connectivity index (χ4v) is 1.33. The lowest BCUT2D eigenvalue weighted by Gasteiger charge is -1.99. The minimum Gasteiger partial charge on any atom is -0.465 e. The highest BCUT2D eigenvalue weighted by atomic mass is 16.3. The normalized spacial score (nSPS) is 9.87. The van der Waals surface area contributed by atoms with Crippen LogP contribution in [0.25, 0.3) is 21.4 Å². The van der Waals surface area contributed by atoms with E-state index in [0.717, 1.165) is 0 Å². The molecule has 1 amide bonds. The third-order valence-electron chi connectivity index (χ3n) is 1.96. The summed E-state index contributed by atoms with van der Waals surface area (Å²) in [4.78, 5) is 13.7. The van der Waals surface area contributed by atoms with Gasteiger partial charge in [-0.3, -0.25) is 4.79 Å². The molecule has 0 N–H and O–H groups in total. The summed E-state index contributed by atoms with van der Waals surface area (Å²) in [6, 6.07) is 4.66. The van der Waals surface area contributed by atoms with E-state index in [2.05, 4.69) is 10.0 Å². The number of fused-ring (bicyclic) bond motifs is 1. The van der Waals surface area contributed by atoms with E-state index in [0.29, 0.717) is 16.4 Å². The van der Waals surface area contributed by atoms with Gasteiger partial charge in [0.2, 0.25) is 5.91 Å². The molecule has 0 saturated heterocycles. The van der Waals surface area contributed by atoms with Crippen LogP contribution in [0.4, 0.5) is 0 Å². The second-order valence-corrected chi connectivity index (χ2v) is 2.90. The van der Waals surface area contributed by atoms with E-state index in [-0.39, 0.29) is 5.56 Å². The first-order valence-corrected chi connectivity index (χ1v) is 4.08. The fourth-order valence-electron chi connectivity index (χ4n) is 1.33. The van der Waals surface area contributed by atoms with Crippen molar-refractivity contribution in [3.63, 3.8) is 0 Å². The van der Waals surface area contributed by atoms with Crippen molar-refractivity contribution in [3.05, 3.63) is 40.5 Å². The summed E-state index contributed by atoms with van der Waals surface area (Å²) in [5, 5.41) is 3.68. The van der Waals surface area contributed by atoms with Crippen LogP contribution in [0.1, 0.15) is 10.4 Å². The zero-order valence-corrected chi connectivity index (χ0v) is 7.54. The van der Waals surface area contributed by atoms with E-state index in [1.54, 1.807) is 12.1 Å². The van der Waals surface area contributed by atoms with E-state index < -0.39 is 5.91 Å². The molecular weight excluding hydrogens is 193 g/mol. The number of hydrogen-bond donors (Lipinski definition) is 0. The molecule has 1 heterocycles. The van der Waals surface area contributed by atoms with Crippen LogP contribution in [0.5, 0.6) is 0 Å². The number of nitrogens with zero attached hydrogens (tertiary/aromatic N) is 3. The molecule has 6 heteroatoms. The highest BCUT2D eigenvalue weighted by Gasteiger charge is 2.08. The van der Waals surface area contributed by atoms with Crippen LogP contribution in [0.3, 0.4) is 0 Å². The van der Waals surface area contributed by atoms with Gasteiger partial charge in [0.15, 0.2) is 0 Å². The molecule has 0 aliphatic rings. The van der Waals surface area contributed by atoms with Crippen molar-refractivity contribution in [1.29, 1.82) is 0 Å². The Morgan fingerprint density at radius 2 is 2.33 bits per heavy atom. The summed E-state index contributed by atoms with van der Waals surface area (Å²) in [5.74, 6) is -0.660. The molecule has 2 radical (unpaired) electrons. The highest BCUT2D eigenvalue weighted by Crippen LogP contribution is 2.15. The maximum absolute atomic E-state index is 11.3. The van der Waals surface area contributed by atoms with E-state index in [1.165, 1.54) is 12.3 Å². The lowest BCUT2D eigenvalue weighted by Crippen LogP contribution is -2.06. The Kier molecular flexibility index (Phi) is 2.19. The molecule has 15 heavy (non-hydrogen) atoms. The first-order valence-electron chi connectivity index (χ1n) is 4.08. The van der Waals surface area contributed by atoms with Gasteiger partial charge < -0.3 is 4.42 Å². The first kappa shape index (κ1) is 9.36. The van der Waals surface area contributed by atoms with Crippen molar-refractivity contribution in [1.82, 2.24) is 0 Å². The second-order valence-electron chi connectivity index (χ2n) is 2.90. The summed E-state index contributed by atoms with van der Waals surface area (Å²) in [6.07, 6.45) is 1.48. The quantitative estimate of drug-likeness (QED) is 0.301. The number of benzene rings is 1. The molecule has 0 atom stereocenters. The Morgan fingerprint density at radius 3 is 3.07 bits per heavy atom. The number of hydrogen-bond acceptors (Lipinski definition) is 2. The van der Waals surface area contributed by atoms with Gasteiger partial charge >= 0.3 is 0 Å². The standard InChI is InChI=1S/C9H4BN3O2/c10-7-4-6(9(14)12-13-11)3-5-1-2-15-8(5)7/h1-4H. The summed E-state index contributed by atoms with van der Waals surface area (Å²) in [6.45, 7) is 0. The van der Waals surface area contributed by atoms with Crippen LogP contribution in [0.2, 0.25) is 0 Å². The number of carbonyl (C=O) groups excluding carboxylic acids is 1. The predicted octanol–water partition coefficient (Wildman–Crippen LogP) is 1.68. The average molecular weight is 197 g/mol. The van der Waals surface area contributed by atoms with Gasteiger partial charge in [-0.25, -0.2) is 0 Å². The van der Waals surface area contributed by atoms with E-state index in [4.69, 9.17) is 17.8 Å². The molecule has 1 aromatic heterocycles. The maximum Gasteiger partial charge on any atom is 0.249 e. The number of furan rings is 1. The monoisotopic (exact) mass is 197 g/mol. The second kappa shape index (κ2) is 3.51. The van der Waals surface area contributed by atoms with E-state index >= 15 is 0 Å². The molecule has 0 bridgehead atoms. The van der Waals surface area contributed by atoms with Crippen LogP contribution in [-0.4, -0.2) is 13.8 Å². The van der Waals surface area contributed by atoms with Crippen LogP contribution < -0.4 is 5.46 Å². The van der Waals surface area contributed by atoms with Gasteiger partial charge in [0, 0.05) is 15.9 Å². The van der Waals surface area contributed by atoms with Crippen molar-refractivity contribution in [3.8, 4) is 0 Å². The lowest BCUT2D eigenvalue weighted by atomic mass is 9.92. The van der Waals surface area contributed by atoms with Gasteiger partial charge in [0.1, 0.15) is 13.4 Å². The first-order chi connectivity index (χ1) is 7.22. The average Bonchev–Trinajstić information content (AvgIpc) is 2.66. The third-order valence-corrected chi connectivity index (χ3v) is 1.96. The number of amides is 1. The number of azide groups is 1. The van der Waals surface area contributed by atoms with Gasteiger partial charge in [-0.15, -0.1) is 0 Å². The smallest absolute Gasteiger partial charge is 0.249 e. The molecule has 2 rings (SSSR count). The Balaban J connectivity index is 2.63. The fraction of sp³-hybridized carbons (Fsp3) is 0. The van der Waals surface area contributed by atoms with Crippen molar-refractivity contribution in [2.45, 2.75) is 0 Å². The molecule has 1 aromatic carbocycles. The number of rotatable bonds is 1. The zero-order chi connectivity index (χ0) is 10.8. The summed E-state index contributed by atoms with van der Waals surface area (Å²) >= 11 is 0. The number of carbonyl (C=O) groups is 1. The molecule has 0 fully saturated rings. The minimum absolute atomic E-state index is 0.249. The Hall–Kier alpha value is -2.20. The zero-order valence-electron chi connectivity index (χ0n) is 7.54. The summed E-state index contributed by atoms with van der Waals surface area (Å²) < 4.78 is 5.10. The molecule has 0 saturated carbocycles. The molecule has 5 nitrogen and oxygen atoms in total. The highest BCUT2D eigenvalue weighted by molar-refractivity contribution is 6.38. The molecule has 0 aliphatic heterocycles. The van der Waals surface area contributed by atoms with Crippen molar-refractivity contribution < 1.29 is 9.21 Å². The van der Waals surface area contributed by atoms with Crippen molar-refractivity contribution >= 4 is 30.2 Å². The van der Waals surface area contributed by atoms with Crippen LogP contribution in [-0.2, 0) is 0 Å². The molecule has 2 aromatic rings. The Labute approximate surface area is 85.7 Å². The largest absolute Gasteiger partial charge is 0.465 e. The van der Waals surface area contributed by atoms with Gasteiger partial charge in [-0.05, 0) is 22.8 Å². The third kappa shape index (κ3) is 1.58. The lowest BCUT2D eigenvalue weighted by molar-refractivity contribution is 0.100. The maximum atomic E-state index is 11.3. The predicted molar refractivity (Wildman–Crippen MR) is 55.1 cm³/mol. The van der Waals surface area contributed by atoms with Crippen molar-refractivity contribution in [2.24, 2.45) is 5.11 Å². The van der Waals surface area contributed by atoms with E-state index in [9.17, 15) is 4.79 Å². The summed E-state index contributed by atoms with van der Waals surface area (Å²) in [7, 11) is 5.65. The van der Waals surface area contributed by atoms with Gasteiger partial charge in [0.25, 0.3) is 0 Å². The molecular formula is C9H4BN3O2. The Morgan fingerprint density at radius 1 is 1.53 bits per heavy atom. The van der Waals surface area contributed by atoms with Crippen LogP contribution in [0.15, 0.2) is 34.0 Å². The van der Waals surface area contributed by atoms with Gasteiger partial charge in [-0.2, -0.15) is 0 Å². The molecule has 70 valence electrons.